The largest absolute Gasteiger partial charge is 0.356 e. The number of piperidine rings is 1. The van der Waals surface area contributed by atoms with E-state index in [4.69, 9.17) is 0 Å². The molecule has 0 unspecified atom stereocenters. The Kier molecular flexibility index (Phi) is 4.91. The van der Waals surface area contributed by atoms with Gasteiger partial charge in [-0.2, -0.15) is 0 Å². The molecule has 116 valence electrons. The van der Waals surface area contributed by atoms with Crippen LogP contribution in [0.25, 0.3) is 0 Å². The van der Waals surface area contributed by atoms with Gasteiger partial charge in [0.15, 0.2) is 0 Å². The van der Waals surface area contributed by atoms with Crippen molar-refractivity contribution in [3.63, 3.8) is 0 Å². The number of halogens is 1. The Bertz CT molecular complexity index is 487. The molecule has 1 amide bonds. The number of pyridine rings is 1. The summed E-state index contributed by atoms with van der Waals surface area (Å²) in [5.74, 6) is 1.24. The third kappa shape index (κ3) is 3.96. The van der Waals surface area contributed by atoms with Crippen molar-refractivity contribution in [2.75, 3.05) is 25.0 Å². The number of hydrogen-bond donors (Lipinski definition) is 0. The summed E-state index contributed by atoms with van der Waals surface area (Å²) in [6.45, 7) is 7.83. The molecule has 0 atom stereocenters. The van der Waals surface area contributed by atoms with E-state index >= 15 is 0 Å². The summed E-state index contributed by atoms with van der Waals surface area (Å²) in [6, 6.07) is 4.39. The number of anilines is 1. The number of nitrogens with zero attached hydrogens (tertiary/aromatic N) is 3. The molecule has 0 saturated carbocycles. The van der Waals surface area contributed by atoms with Crippen molar-refractivity contribution in [2.45, 2.75) is 39.7 Å². The highest BCUT2D eigenvalue weighted by Gasteiger charge is 2.31. The van der Waals surface area contributed by atoms with E-state index in [-0.39, 0.29) is 11.3 Å². The lowest BCUT2D eigenvalue weighted by Gasteiger charge is -2.39. The van der Waals surface area contributed by atoms with E-state index in [9.17, 15) is 4.79 Å². The molecule has 21 heavy (non-hydrogen) atoms. The molecule has 2 rings (SSSR count). The first-order valence-corrected chi connectivity index (χ1v) is 8.22. The zero-order valence-corrected chi connectivity index (χ0v) is 14.9. The zero-order valence-electron chi connectivity index (χ0n) is 13.3. The number of carbonyl (C=O) groups is 1. The topological polar surface area (TPSA) is 36.4 Å². The van der Waals surface area contributed by atoms with Gasteiger partial charge in [-0.3, -0.25) is 4.79 Å². The summed E-state index contributed by atoms with van der Waals surface area (Å²) in [6.07, 6.45) is 3.82. The molecule has 1 aliphatic rings. The fourth-order valence-electron chi connectivity index (χ4n) is 2.73. The highest BCUT2D eigenvalue weighted by Crippen LogP contribution is 2.25. The predicted molar refractivity (Wildman–Crippen MR) is 89.4 cm³/mol. The van der Waals surface area contributed by atoms with Gasteiger partial charge < -0.3 is 9.80 Å². The van der Waals surface area contributed by atoms with E-state index in [0.717, 1.165) is 36.2 Å². The lowest BCUT2D eigenvalue weighted by atomic mass is 9.92. The van der Waals surface area contributed by atoms with Gasteiger partial charge in [-0.1, -0.05) is 20.8 Å². The summed E-state index contributed by atoms with van der Waals surface area (Å²) in [7, 11) is 1.94. The summed E-state index contributed by atoms with van der Waals surface area (Å²) < 4.78 is 0.997. The first-order chi connectivity index (χ1) is 9.79. The van der Waals surface area contributed by atoms with Crippen molar-refractivity contribution in [1.29, 1.82) is 0 Å². The van der Waals surface area contributed by atoms with Crippen LogP contribution in [0.1, 0.15) is 33.6 Å². The zero-order chi connectivity index (χ0) is 15.6. The summed E-state index contributed by atoms with van der Waals surface area (Å²) >= 11 is 3.41. The molecule has 0 radical (unpaired) electrons. The van der Waals surface area contributed by atoms with Gasteiger partial charge in [0.25, 0.3) is 0 Å². The maximum absolute atomic E-state index is 12.3. The molecular weight excluding hydrogens is 330 g/mol. The number of rotatable bonds is 2. The molecule has 4 nitrogen and oxygen atoms in total. The second-order valence-electron chi connectivity index (χ2n) is 6.72. The molecule has 0 N–H and O–H groups in total. The predicted octanol–water partition coefficient (Wildman–Crippen LogP) is 3.32. The molecule has 0 aromatic carbocycles. The minimum Gasteiger partial charge on any atom is -0.356 e. The lowest BCUT2D eigenvalue weighted by molar-refractivity contribution is -0.140. The number of carbonyl (C=O) groups excluding carboxylic acids is 1. The Morgan fingerprint density at radius 2 is 1.95 bits per heavy atom. The smallest absolute Gasteiger partial charge is 0.227 e. The van der Waals surface area contributed by atoms with Crippen LogP contribution >= 0.6 is 15.9 Å². The van der Waals surface area contributed by atoms with Gasteiger partial charge in [-0.05, 0) is 40.9 Å². The van der Waals surface area contributed by atoms with Crippen LogP contribution < -0.4 is 4.90 Å². The molecule has 0 aliphatic carbocycles. The maximum Gasteiger partial charge on any atom is 0.227 e. The Hall–Kier alpha value is -1.10. The van der Waals surface area contributed by atoms with Crippen LogP contribution in [0.2, 0.25) is 0 Å². The average Bonchev–Trinajstić information content (AvgIpc) is 2.46. The van der Waals surface area contributed by atoms with Crippen LogP contribution in [0.5, 0.6) is 0 Å². The molecule has 1 fully saturated rings. The van der Waals surface area contributed by atoms with Crippen LogP contribution in [0.4, 0.5) is 5.82 Å². The van der Waals surface area contributed by atoms with Gasteiger partial charge in [0.2, 0.25) is 5.91 Å². The first kappa shape index (κ1) is 16.3. The Balaban J connectivity index is 1.94. The molecule has 1 aromatic heterocycles. The van der Waals surface area contributed by atoms with E-state index < -0.39 is 0 Å². The van der Waals surface area contributed by atoms with Crippen LogP contribution in [-0.2, 0) is 4.79 Å². The molecule has 0 bridgehead atoms. The Morgan fingerprint density at radius 1 is 1.33 bits per heavy atom. The van der Waals surface area contributed by atoms with E-state index in [2.05, 4.69) is 25.8 Å². The Labute approximate surface area is 135 Å². The third-order valence-corrected chi connectivity index (χ3v) is 4.48. The third-order valence-electron chi connectivity index (χ3n) is 4.01. The van der Waals surface area contributed by atoms with E-state index in [1.807, 2.05) is 51.0 Å². The average molecular weight is 354 g/mol. The van der Waals surface area contributed by atoms with Crippen molar-refractivity contribution in [3.8, 4) is 0 Å². The van der Waals surface area contributed by atoms with Crippen LogP contribution in [0.15, 0.2) is 22.8 Å². The van der Waals surface area contributed by atoms with Gasteiger partial charge in [0, 0.05) is 42.3 Å². The Morgan fingerprint density at radius 3 is 2.43 bits per heavy atom. The minimum absolute atomic E-state index is 0.225. The van der Waals surface area contributed by atoms with Crippen molar-refractivity contribution in [2.24, 2.45) is 5.41 Å². The number of amides is 1. The van der Waals surface area contributed by atoms with Gasteiger partial charge in [0.05, 0.1) is 0 Å². The maximum atomic E-state index is 12.3. The number of aromatic nitrogens is 1. The highest BCUT2D eigenvalue weighted by atomic mass is 79.9. The quantitative estimate of drug-likeness (QED) is 0.818. The van der Waals surface area contributed by atoms with E-state index in [1.54, 1.807) is 0 Å². The van der Waals surface area contributed by atoms with Crippen LogP contribution in [0, 0.1) is 5.41 Å². The van der Waals surface area contributed by atoms with Crippen molar-refractivity contribution in [1.82, 2.24) is 9.88 Å². The highest BCUT2D eigenvalue weighted by molar-refractivity contribution is 9.10. The fraction of sp³-hybridized carbons (Fsp3) is 0.625. The molecule has 1 saturated heterocycles. The van der Waals surface area contributed by atoms with E-state index in [1.165, 1.54) is 0 Å². The summed E-state index contributed by atoms with van der Waals surface area (Å²) in [5, 5.41) is 0. The van der Waals surface area contributed by atoms with Gasteiger partial charge in [-0.25, -0.2) is 4.98 Å². The van der Waals surface area contributed by atoms with Gasteiger partial charge in [0.1, 0.15) is 5.82 Å². The van der Waals surface area contributed by atoms with Crippen LogP contribution in [0.3, 0.4) is 0 Å². The van der Waals surface area contributed by atoms with Gasteiger partial charge in [-0.15, -0.1) is 0 Å². The molecule has 1 aliphatic heterocycles. The van der Waals surface area contributed by atoms with Crippen molar-refractivity contribution < 1.29 is 4.79 Å². The fourth-order valence-corrected chi connectivity index (χ4v) is 2.97. The normalized spacial score (nSPS) is 16.9. The molecular formula is C16H24BrN3O. The number of hydrogen-bond acceptors (Lipinski definition) is 3. The SMILES string of the molecule is CN(C(=O)C(C)(C)C)C1CCN(c2ccc(Br)cn2)CC1. The second-order valence-corrected chi connectivity index (χ2v) is 7.63. The molecule has 2 heterocycles. The summed E-state index contributed by atoms with van der Waals surface area (Å²) in [4.78, 5) is 21.0. The van der Waals surface area contributed by atoms with Crippen molar-refractivity contribution >= 4 is 27.7 Å². The van der Waals surface area contributed by atoms with E-state index in [0.29, 0.717) is 6.04 Å². The molecule has 0 spiro atoms. The lowest BCUT2D eigenvalue weighted by Crippen LogP contribution is -2.48. The monoisotopic (exact) mass is 353 g/mol. The molecule has 1 aromatic rings. The van der Waals surface area contributed by atoms with Crippen LogP contribution in [-0.4, -0.2) is 42.0 Å². The minimum atomic E-state index is -0.306. The van der Waals surface area contributed by atoms with Gasteiger partial charge >= 0.3 is 0 Å². The second kappa shape index (κ2) is 6.34. The van der Waals surface area contributed by atoms with Crippen molar-refractivity contribution in [3.05, 3.63) is 22.8 Å². The standard InChI is InChI=1S/C16H24BrN3O/c1-16(2,3)15(21)19(4)13-7-9-20(10-8-13)14-6-5-12(17)11-18-14/h5-6,11,13H,7-10H2,1-4H3. The molecule has 5 heteroatoms. The first-order valence-electron chi connectivity index (χ1n) is 7.43. The summed E-state index contributed by atoms with van der Waals surface area (Å²) in [5.41, 5.74) is -0.306.